The molecule has 0 aliphatic rings. The molecule has 0 unspecified atom stereocenters. The Hall–Kier alpha value is -1.50. The molecule has 0 aliphatic carbocycles. The van der Waals surface area contributed by atoms with Gasteiger partial charge in [0.1, 0.15) is 0 Å². The fourth-order valence-corrected chi connectivity index (χ4v) is 1.44. The molecule has 0 saturated carbocycles. The molecule has 2 rings (SSSR count). The minimum atomic E-state index is 0.452. The second kappa shape index (κ2) is 3.33. The van der Waals surface area contributed by atoms with Gasteiger partial charge >= 0.3 is 0 Å². The van der Waals surface area contributed by atoms with Gasteiger partial charge < -0.3 is 0 Å². The summed E-state index contributed by atoms with van der Waals surface area (Å²) in [5.74, 6) is 0. The van der Waals surface area contributed by atoms with Crippen LogP contribution >= 0.6 is 12.2 Å². The van der Waals surface area contributed by atoms with Gasteiger partial charge in [0.25, 0.3) is 0 Å². The van der Waals surface area contributed by atoms with Crippen LogP contribution in [0.4, 0.5) is 0 Å². The number of nitrogens with zero attached hydrogens (tertiary/aromatic N) is 5. The van der Waals surface area contributed by atoms with Gasteiger partial charge in [0.05, 0.1) is 12.2 Å². The number of aromatic nitrogens is 6. The molecule has 0 aromatic carbocycles. The third-order valence-electron chi connectivity index (χ3n) is 1.98. The Labute approximate surface area is 85.5 Å². The minimum Gasteiger partial charge on any atom is -0.275 e. The molecule has 6 nitrogen and oxygen atoms in total. The lowest BCUT2D eigenvalue weighted by atomic mass is 10.3. The van der Waals surface area contributed by atoms with Gasteiger partial charge in [0.2, 0.25) is 4.77 Å². The summed E-state index contributed by atoms with van der Waals surface area (Å²) in [7, 11) is 1.89. The van der Waals surface area contributed by atoms with E-state index in [0.717, 1.165) is 11.3 Å². The first kappa shape index (κ1) is 9.07. The summed E-state index contributed by atoms with van der Waals surface area (Å²) >= 11 is 4.97. The van der Waals surface area contributed by atoms with Crippen LogP contribution in [-0.2, 0) is 13.6 Å². The van der Waals surface area contributed by atoms with Crippen molar-refractivity contribution in [3.63, 3.8) is 0 Å². The molecule has 1 N–H and O–H groups in total. The number of hydrogen-bond donors (Lipinski definition) is 1. The van der Waals surface area contributed by atoms with Crippen LogP contribution in [0.3, 0.4) is 0 Å². The number of nitrogens with one attached hydrogen (secondary N) is 1. The summed E-state index contributed by atoms with van der Waals surface area (Å²) in [6.45, 7) is 2.59. The average molecular weight is 210 g/mol. The van der Waals surface area contributed by atoms with Crippen molar-refractivity contribution in [1.29, 1.82) is 0 Å². The molecule has 0 atom stereocenters. The maximum Gasteiger partial charge on any atom is 0.238 e. The zero-order chi connectivity index (χ0) is 10.1. The van der Waals surface area contributed by atoms with E-state index in [1.807, 2.05) is 20.2 Å². The predicted molar refractivity (Wildman–Crippen MR) is 52.3 cm³/mol. The zero-order valence-corrected chi connectivity index (χ0v) is 8.75. The first-order chi connectivity index (χ1) is 6.66. The third-order valence-corrected chi connectivity index (χ3v) is 2.28. The number of tetrazole rings is 1. The van der Waals surface area contributed by atoms with Gasteiger partial charge in [-0.25, -0.2) is 4.68 Å². The lowest BCUT2D eigenvalue weighted by Crippen LogP contribution is -2.02. The third kappa shape index (κ3) is 1.58. The number of rotatable bonds is 2. The van der Waals surface area contributed by atoms with Gasteiger partial charge in [-0.3, -0.25) is 4.68 Å². The van der Waals surface area contributed by atoms with Crippen molar-refractivity contribution in [3.05, 3.63) is 22.2 Å². The van der Waals surface area contributed by atoms with Gasteiger partial charge in [-0.2, -0.15) is 10.3 Å². The molecular weight excluding hydrogens is 200 g/mol. The molecule has 0 fully saturated rings. The summed E-state index contributed by atoms with van der Waals surface area (Å²) in [4.78, 5) is 0. The van der Waals surface area contributed by atoms with Crippen molar-refractivity contribution in [2.45, 2.75) is 13.5 Å². The highest BCUT2D eigenvalue weighted by Gasteiger charge is 2.04. The SMILES string of the molecule is Cc1nn(C)cc1Cn1[nH]nnc1=S. The molecule has 2 heterocycles. The van der Waals surface area contributed by atoms with Gasteiger partial charge in [-0.1, -0.05) is 10.3 Å². The van der Waals surface area contributed by atoms with Crippen molar-refractivity contribution >= 4 is 12.2 Å². The Morgan fingerprint density at radius 3 is 2.86 bits per heavy atom. The monoisotopic (exact) mass is 210 g/mol. The number of H-pyrrole nitrogens is 1. The van der Waals surface area contributed by atoms with Gasteiger partial charge in [-0.05, 0) is 19.1 Å². The standard InChI is InChI=1S/C7H10N6S/c1-5-6(3-12(2)9-5)4-13-7(14)8-10-11-13/h3H,4H2,1-2H3,(H,8,11,14). The Morgan fingerprint density at radius 1 is 1.57 bits per heavy atom. The van der Waals surface area contributed by atoms with Crippen LogP contribution in [0.1, 0.15) is 11.3 Å². The molecule has 74 valence electrons. The molecule has 0 saturated heterocycles. The Balaban J connectivity index is 2.31. The summed E-state index contributed by atoms with van der Waals surface area (Å²) in [6.07, 6.45) is 1.96. The van der Waals surface area contributed by atoms with Crippen molar-refractivity contribution < 1.29 is 0 Å². The Kier molecular flexibility index (Phi) is 2.16. The van der Waals surface area contributed by atoms with E-state index in [2.05, 4.69) is 20.6 Å². The van der Waals surface area contributed by atoms with Crippen molar-refractivity contribution in [2.75, 3.05) is 0 Å². The van der Waals surface area contributed by atoms with Gasteiger partial charge in [0.15, 0.2) is 0 Å². The average Bonchev–Trinajstić information content (AvgIpc) is 2.62. The maximum absolute atomic E-state index is 4.97. The van der Waals surface area contributed by atoms with E-state index < -0.39 is 0 Å². The summed E-state index contributed by atoms with van der Waals surface area (Å²) in [5.41, 5.74) is 2.10. The van der Waals surface area contributed by atoms with Crippen molar-refractivity contribution in [1.82, 2.24) is 30.0 Å². The zero-order valence-electron chi connectivity index (χ0n) is 7.93. The van der Waals surface area contributed by atoms with Gasteiger partial charge in [-0.15, -0.1) is 0 Å². The fraction of sp³-hybridized carbons (Fsp3) is 0.429. The van der Waals surface area contributed by atoms with Crippen LogP contribution in [0.2, 0.25) is 0 Å². The van der Waals surface area contributed by atoms with E-state index in [4.69, 9.17) is 12.2 Å². The topological polar surface area (TPSA) is 64.3 Å². The van der Waals surface area contributed by atoms with E-state index in [1.165, 1.54) is 0 Å². The maximum atomic E-state index is 4.97. The Bertz CT molecular complexity index is 492. The molecule has 2 aromatic rings. The summed E-state index contributed by atoms with van der Waals surface area (Å²) in [6, 6.07) is 0. The normalized spacial score (nSPS) is 10.7. The van der Waals surface area contributed by atoms with E-state index in [-0.39, 0.29) is 0 Å². The highest BCUT2D eigenvalue weighted by atomic mass is 32.1. The first-order valence-electron chi connectivity index (χ1n) is 4.14. The van der Waals surface area contributed by atoms with Crippen LogP contribution in [0.25, 0.3) is 0 Å². The number of aromatic amines is 1. The highest BCUT2D eigenvalue weighted by Crippen LogP contribution is 2.05. The quantitative estimate of drug-likeness (QED) is 0.730. The van der Waals surface area contributed by atoms with E-state index in [9.17, 15) is 0 Å². The lowest BCUT2D eigenvalue weighted by Gasteiger charge is -1.97. The number of hydrogen-bond acceptors (Lipinski definition) is 4. The Morgan fingerprint density at radius 2 is 2.36 bits per heavy atom. The fourth-order valence-electron chi connectivity index (χ4n) is 1.29. The molecule has 0 aliphatic heterocycles. The van der Waals surface area contributed by atoms with E-state index in [0.29, 0.717) is 11.3 Å². The highest BCUT2D eigenvalue weighted by molar-refractivity contribution is 7.71. The second-order valence-corrected chi connectivity index (χ2v) is 3.45. The van der Waals surface area contributed by atoms with Crippen LogP contribution < -0.4 is 0 Å². The first-order valence-corrected chi connectivity index (χ1v) is 4.54. The lowest BCUT2D eigenvalue weighted by molar-refractivity contribution is 0.640. The van der Waals surface area contributed by atoms with E-state index >= 15 is 0 Å². The molecule has 0 amide bonds. The summed E-state index contributed by atoms with van der Waals surface area (Å²) in [5, 5.41) is 14.2. The smallest absolute Gasteiger partial charge is 0.238 e. The summed E-state index contributed by atoms with van der Waals surface area (Å²) < 4.78 is 3.92. The van der Waals surface area contributed by atoms with E-state index in [1.54, 1.807) is 9.36 Å². The van der Waals surface area contributed by atoms with Crippen LogP contribution in [0.5, 0.6) is 0 Å². The van der Waals surface area contributed by atoms with Crippen molar-refractivity contribution in [3.8, 4) is 0 Å². The predicted octanol–water partition coefficient (Wildman–Crippen LogP) is 0.426. The molecule has 2 aromatic heterocycles. The molecule has 0 spiro atoms. The molecule has 0 radical (unpaired) electrons. The van der Waals surface area contributed by atoms with Gasteiger partial charge in [0, 0.05) is 18.8 Å². The van der Waals surface area contributed by atoms with Crippen LogP contribution in [0, 0.1) is 11.7 Å². The number of aryl methyl sites for hydroxylation is 2. The van der Waals surface area contributed by atoms with Crippen LogP contribution in [-0.4, -0.2) is 30.0 Å². The minimum absolute atomic E-state index is 0.452. The molecule has 0 bridgehead atoms. The van der Waals surface area contributed by atoms with Crippen molar-refractivity contribution in [2.24, 2.45) is 7.05 Å². The molecule has 7 heteroatoms. The largest absolute Gasteiger partial charge is 0.275 e. The second-order valence-electron chi connectivity index (χ2n) is 3.08. The molecule has 14 heavy (non-hydrogen) atoms. The molecular formula is C7H10N6S. The van der Waals surface area contributed by atoms with Crippen LogP contribution in [0.15, 0.2) is 6.20 Å².